The van der Waals surface area contributed by atoms with Crippen molar-refractivity contribution in [2.45, 2.75) is 6.42 Å². The summed E-state index contributed by atoms with van der Waals surface area (Å²) in [5.41, 5.74) is 1.93. The third-order valence-corrected chi connectivity index (χ3v) is 2.94. The normalized spacial score (nSPS) is 10.8. The summed E-state index contributed by atoms with van der Waals surface area (Å²) >= 11 is 0. The van der Waals surface area contributed by atoms with E-state index in [2.05, 4.69) is 4.98 Å². The van der Waals surface area contributed by atoms with Crippen LogP contribution in [0.25, 0.3) is 22.6 Å². The van der Waals surface area contributed by atoms with E-state index in [1.54, 1.807) is 18.2 Å². The van der Waals surface area contributed by atoms with Gasteiger partial charge in [-0.05, 0) is 29.8 Å². The van der Waals surface area contributed by atoms with E-state index < -0.39 is 11.8 Å². The Bertz CT molecular complexity index is 762. The van der Waals surface area contributed by atoms with Crippen LogP contribution in [0.4, 0.5) is 4.39 Å². The fraction of sp³-hybridized carbons (Fsp3) is 0.0667. The van der Waals surface area contributed by atoms with Gasteiger partial charge in [-0.1, -0.05) is 18.2 Å². The molecule has 0 spiro atoms. The van der Waals surface area contributed by atoms with Gasteiger partial charge < -0.3 is 9.52 Å². The highest BCUT2D eigenvalue weighted by Gasteiger charge is 2.12. The second-order valence-corrected chi connectivity index (χ2v) is 4.36. The molecule has 0 atom stereocenters. The van der Waals surface area contributed by atoms with Gasteiger partial charge in [0, 0.05) is 5.56 Å². The molecule has 0 fully saturated rings. The van der Waals surface area contributed by atoms with Crippen molar-refractivity contribution < 1.29 is 18.7 Å². The molecule has 0 aliphatic carbocycles. The minimum Gasteiger partial charge on any atom is -0.481 e. The average Bonchev–Trinajstić information content (AvgIpc) is 2.84. The highest BCUT2D eigenvalue weighted by atomic mass is 19.1. The second kappa shape index (κ2) is 4.77. The van der Waals surface area contributed by atoms with Crippen LogP contribution in [0.5, 0.6) is 0 Å². The van der Waals surface area contributed by atoms with Crippen LogP contribution in [0.3, 0.4) is 0 Å². The number of fused-ring (bicyclic) bond motifs is 1. The smallest absolute Gasteiger partial charge is 0.307 e. The zero-order chi connectivity index (χ0) is 14.1. The summed E-state index contributed by atoms with van der Waals surface area (Å²) in [4.78, 5) is 14.9. The van der Waals surface area contributed by atoms with Gasteiger partial charge in [0.05, 0.1) is 6.42 Å². The molecule has 0 aliphatic heterocycles. The molecule has 1 heterocycles. The van der Waals surface area contributed by atoms with E-state index in [0.717, 1.165) is 0 Å². The molecular weight excluding hydrogens is 261 g/mol. The number of carbonyl (C=O) groups is 1. The standard InChI is InChI=1S/C15H10FNO3/c16-11-7-10(6-5-9(11)8-14(18)19)15-17-12-3-1-2-4-13(12)20-15/h1-7H,8H2,(H,18,19). The Morgan fingerprint density at radius 2 is 2.05 bits per heavy atom. The molecule has 0 amide bonds. The second-order valence-electron chi connectivity index (χ2n) is 4.36. The maximum Gasteiger partial charge on any atom is 0.307 e. The van der Waals surface area contributed by atoms with Crippen molar-refractivity contribution in [2.24, 2.45) is 0 Å². The highest BCUT2D eigenvalue weighted by molar-refractivity contribution is 5.76. The molecule has 100 valence electrons. The number of carboxylic acids is 1. The summed E-state index contributed by atoms with van der Waals surface area (Å²) in [6.07, 6.45) is -0.348. The van der Waals surface area contributed by atoms with Crippen molar-refractivity contribution in [1.29, 1.82) is 0 Å². The number of aromatic nitrogens is 1. The number of benzene rings is 2. The topological polar surface area (TPSA) is 63.3 Å². The van der Waals surface area contributed by atoms with Gasteiger partial charge in [0.2, 0.25) is 5.89 Å². The number of rotatable bonds is 3. The first-order chi connectivity index (χ1) is 9.63. The Balaban J connectivity index is 2.01. The Morgan fingerprint density at radius 1 is 1.25 bits per heavy atom. The van der Waals surface area contributed by atoms with Crippen molar-refractivity contribution in [1.82, 2.24) is 4.98 Å². The zero-order valence-electron chi connectivity index (χ0n) is 10.3. The molecular formula is C15H10FNO3. The maximum absolute atomic E-state index is 13.8. The first-order valence-corrected chi connectivity index (χ1v) is 5.99. The van der Waals surface area contributed by atoms with Crippen molar-refractivity contribution in [3.63, 3.8) is 0 Å². The van der Waals surface area contributed by atoms with Crippen LogP contribution in [-0.2, 0) is 11.2 Å². The largest absolute Gasteiger partial charge is 0.481 e. The number of para-hydroxylation sites is 2. The van der Waals surface area contributed by atoms with Gasteiger partial charge >= 0.3 is 5.97 Å². The lowest BCUT2D eigenvalue weighted by Gasteiger charge is -2.01. The van der Waals surface area contributed by atoms with Gasteiger partial charge in [-0.15, -0.1) is 0 Å². The Labute approximate surface area is 113 Å². The number of hydrogen-bond acceptors (Lipinski definition) is 3. The lowest BCUT2D eigenvalue weighted by atomic mass is 10.1. The first-order valence-electron chi connectivity index (χ1n) is 5.99. The first kappa shape index (κ1) is 12.3. The third-order valence-electron chi connectivity index (χ3n) is 2.94. The lowest BCUT2D eigenvalue weighted by molar-refractivity contribution is -0.136. The zero-order valence-corrected chi connectivity index (χ0v) is 10.3. The highest BCUT2D eigenvalue weighted by Crippen LogP contribution is 2.25. The van der Waals surface area contributed by atoms with Crippen molar-refractivity contribution in [3.8, 4) is 11.5 Å². The van der Waals surface area contributed by atoms with E-state index in [4.69, 9.17) is 9.52 Å². The van der Waals surface area contributed by atoms with E-state index in [0.29, 0.717) is 22.6 Å². The Hall–Kier alpha value is -2.69. The van der Waals surface area contributed by atoms with Crippen molar-refractivity contribution >= 4 is 17.1 Å². The summed E-state index contributed by atoms with van der Waals surface area (Å²) in [6.45, 7) is 0. The third kappa shape index (κ3) is 2.25. The molecule has 1 aromatic heterocycles. The van der Waals surface area contributed by atoms with Crippen LogP contribution in [0, 0.1) is 5.82 Å². The molecule has 3 aromatic rings. The summed E-state index contributed by atoms with van der Waals surface area (Å²) < 4.78 is 19.4. The molecule has 4 nitrogen and oxygen atoms in total. The van der Waals surface area contributed by atoms with Crippen LogP contribution in [-0.4, -0.2) is 16.1 Å². The monoisotopic (exact) mass is 271 g/mol. The van der Waals surface area contributed by atoms with Crippen LogP contribution >= 0.6 is 0 Å². The molecule has 0 unspecified atom stereocenters. The van der Waals surface area contributed by atoms with Gasteiger partial charge in [0.15, 0.2) is 5.58 Å². The van der Waals surface area contributed by atoms with Gasteiger partial charge in [-0.25, -0.2) is 9.37 Å². The summed E-state index contributed by atoms with van der Waals surface area (Å²) in [5.74, 6) is -1.34. The summed E-state index contributed by atoms with van der Waals surface area (Å²) in [6, 6.07) is 11.5. The molecule has 0 saturated heterocycles. The molecule has 0 radical (unpaired) electrons. The average molecular weight is 271 g/mol. The van der Waals surface area contributed by atoms with E-state index >= 15 is 0 Å². The molecule has 0 saturated carbocycles. The number of halogens is 1. The Morgan fingerprint density at radius 3 is 2.75 bits per heavy atom. The fourth-order valence-corrected chi connectivity index (χ4v) is 1.98. The SMILES string of the molecule is O=C(O)Cc1ccc(-c2nc3ccccc3o2)cc1F. The quantitative estimate of drug-likeness (QED) is 0.794. The lowest BCUT2D eigenvalue weighted by Crippen LogP contribution is -2.02. The number of nitrogens with zero attached hydrogens (tertiary/aromatic N) is 1. The summed E-state index contributed by atoms with van der Waals surface area (Å²) in [7, 11) is 0. The van der Waals surface area contributed by atoms with Crippen LogP contribution < -0.4 is 0 Å². The van der Waals surface area contributed by atoms with E-state index in [9.17, 15) is 9.18 Å². The fourth-order valence-electron chi connectivity index (χ4n) is 1.98. The van der Waals surface area contributed by atoms with Crippen molar-refractivity contribution in [2.75, 3.05) is 0 Å². The van der Waals surface area contributed by atoms with Gasteiger partial charge in [0.25, 0.3) is 0 Å². The van der Waals surface area contributed by atoms with Crippen molar-refractivity contribution in [3.05, 3.63) is 53.8 Å². The number of carboxylic acid groups (broad SMARTS) is 1. The summed E-state index contributed by atoms with van der Waals surface area (Å²) in [5, 5.41) is 8.68. The van der Waals surface area contributed by atoms with E-state index in [1.807, 2.05) is 12.1 Å². The molecule has 1 N–H and O–H groups in total. The minimum atomic E-state index is -1.07. The molecule has 5 heteroatoms. The number of aliphatic carboxylic acids is 1. The molecule has 2 aromatic carbocycles. The minimum absolute atomic E-state index is 0.136. The molecule has 0 bridgehead atoms. The number of hydrogen-bond donors (Lipinski definition) is 1. The predicted octanol–water partition coefficient (Wildman–Crippen LogP) is 3.26. The molecule has 3 rings (SSSR count). The van der Waals surface area contributed by atoms with Gasteiger partial charge in [-0.2, -0.15) is 0 Å². The van der Waals surface area contributed by atoms with Crippen LogP contribution in [0.2, 0.25) is 0 Å². The predicted molar refractivity (Wildman–Crippen MR) is 70.7 cm³/mol. The van der Waals surface area contributed by atoms with Crippen LogP contribution in [0.1, 0.15) is 5.56 Å². The van der Waals surface area contributed by atoms with Gasteiger partial charge in [-0.3, -0.25) is 4.79 Å². The van der Waals surface area contributed by atoms with Crippen LogP contribution in [0.15, 0.2) is 46.9 Å². The van der Waals surface area contributed by atoms with E-state index in [1.165, 1.54) is 12.1 Å². The van der Waals surface area contributed by atoms with E-state index in [-0.39, 0.29) is 12.0 Å². The Kier molecular flexibility index (Phi) is 2.95. The van der Waals surface area contributed by atoms with Gasteiger partial charge in [0.1, 0.15) is 11.3 Å². The molecule has 20 heavy (non-hydrogen) atoms. The molecule has 0 aliphatic rings. The maximum atomic E-state index is 13.8. The number of oxazole rings is 1.